The van der Waals surface area contributed by atoms with Gasteiger partial charge in [0.05, 0.1) is 17.1 Å². The lowest BCUT2D eigenvalue weighted by molar-refractivity contribution is 1.15. The minimum atomic E-state index is 0.578. The number of hydrogen-bond donors (Lipinski definition) is 0. The van der Waals surface area contributed by atoms with Gasteiger partial charge < -0.3 is 0 Å². The second-order valence-corrected chi connectivity index (χ2v) is 7.09. The van der Waals surface area contributed by atoms with Crippen molar-refractivity contribution in [1.29, 1.82) is 0 Å². The maximum absolute atomic E-state index is 4.48. The molecule has 0 saturated heterocycles. The maximum Gasteiger partial charge on any atom is 0.174 e. The first kappa shape index (κ1) is 19.5. The van der Waals surface area contributed by atoms with Crippen LogP contribution in [0.4, 0.5) is 22.9 Å². The molecule has 1 radical (unpaired) electrons. The summed E-state index contributed by atoms with van der Waals surface area (Å²) in [5.74, 6) is 0.578. The van der Waals surface area contributed by atoms with Crippen LogP contribution in [0, 0.1) is 6.07 Å². The molecule has 0 saturated carbocycles. The fraction of sp³-hybridized carbons (Fsp3) is 0. The van der Waals surface area contributed by atoms with Crippen LogP contribution in [0.25, 0.3) is 21.9 Å². The lowest BCUT2D eigenvalue weighted by atomic mass is 10.1. The fourth-order valence-corrected chi connectivity index (χ4v) is 3.32. The highest BCUT2D eigenvalue weighted by Crippen LogP contribution is 2.30. The van der Waals surface area contributed by atoms with Gasteiger partial charge in [-0.25, -0.2) is 4.98 Å². The van der Waals surface area contributed by atoms with E-state index in [4.69, 9.17) is 0 Å². The number of azo groups is 2. The highest BCUT2D eigenvalue weighted by atomic mass is 15.1. The summed E-state index contributed by atoms with van der Waals surface area (Å²) in [5.41, 5.74) is 4.33. The molecule has 0 N–H and O–H groups in total. The standard InChI is InChI=1S/C27H18N5/c1-2-11-25-21(7-1)8-6-12-26(25)31-30-24-10-5-9-22(19-24)20-14-16-23(17-15-20)29-32-27-13-3-4-18-28-27/h1-8,10-19H. The highest BCUT2D eigenvalue weighted by Gasteiger charge is 2.02. The molecule has 0 unspecified atom stereocenters. The highest BCUT2D eigenvalue weighted by molar-refractivity contribution is 5.92. The monoisotopic (exact) mass is 412 g/mol. The Labute approximate surface area is 185 Å². The van der Waals surface area contributed by atoms with E-state index in [0.29, 0.717) is 5.82 Å². The van der Waals surface area contributed by atoms with Gasteiger partial charge in [0.15, 0.2) is 5.82 Å². The Bertz CT molecular complexity index is 1400. The van der Waals surface area contributed by atoms with Crippen LogP contribution >= 0.6 is 0 Å². The fourth-order valence-electron chi connectivity index (χ4n) is 3.32. The molecule has 0 bridgehead atoms. The SMILES string of the molecule is [c]1ccc(N=Nc2cccc3ccccc23)cc1-c1ccc(N=Nc2ccccn2)cc1. The van der Waals surface area contributed by atoms with Crippen molar-refractivity contribution in [2.24, 2.45) is 20.5 Å². The summed E-state index contributed by atoms with van der Waals surface area (Å²) in [6.45, 7) is 0. The second-order valence-electron chi connectivity index (χ2n) is 7.09. The minimum absolute atomic E-state index is 0.578. The topological polar surface area (TPSA) is 62.3 Å². The summed E-state index contributed by atoms with van der Waals surface area (Å²) in [6, 6.07) is 36.5. The minimum Gasteiger partial charge on any atom is -0.236 e. The van der Waals surface area contributed by atoms with Crippen molar-refractivity contribution in [3.63, 3.8) is 0 Å². The molecule has 0 fully saturated rings. The maximum atomic E-state index is 4.48. The largest absolute Gasteiger partial charge is 0.236 e. The molecule has 32 heavy (non-hydrogen) atoms. The summed E-state index contributed by atoms with van der Waals surface area (Å²) in [6.07, 6.45) is 1.69. The normalized spacial score (nSPS) is 11.5. The predicted octanol–water partition coefficient (Wildman–Crippen LogP) is 8.53. The van der Waals surface area contributed by atoms with Crippen LogP contribution in [0.15, 0.2) is 130 Å². The van der Waals surface area contributed by atoms with Crippen LogP contribution in [0.1, 0.15) is 0 Å². The molecular weight excluding hydrogens is 394 g/mol. The Morgan fingerprint density at radius 3 is 2.31 bits per heavy atom. The Balaban J connectivity index is 1.36. The van der Waals surface area contributed by atoms with E-state index in [1.54, 1.807) is 6.20 Å². The Kier molecular flexibility index (Phi) is 5.53. The molecule has 0 spiro atoms. The van der Waals surface area contributed by atoms with Gasteiger partial charge in [-0.2, -0.15) is 5.11 Å². The third kappa shape index (κ3) is 4.47. The van der Waals surface area contributed by atoms with E-state index in [0.717, 1.165) is 39.0 Å². The first-order chi connectivity index (χ1) is 15.8. The van der Waals surface area contributed by atoms with E-state index in [2.05, 4.69) is 49.7 Å². The van der Waals surface area contributed by atoms with Crippen molar-refractivity contribution in [3.05, 3.63) is 115 Å². The van der Waals surface area contributed by atoms with E-state index in [1.165, 1.54) is 0 Å². The zero-order chi connectivity index (χ0) is 21.6. The molecule has 5 nitrogen and oxygen atoms in total. The van der Waals surface area contributed by atoms with Crippen LogP contribution in [0.2, 0.25) is 0 Å². The zero-order valence-electron chi connectivity index (χ0n) is 17.1. The molecular formula is C27H18N5. The van der Waals surface area contributed by atoms with Crippen molar-refractivity contribution in [2.75, 3.05) is 0 Å². The van der Waals surface area contributed by atoms with E-state index in [-0.39, 0.29) is 0 Å². The van der Waals surface area contributed by atoms with Gasteiger partial charge in [0.2, 0.25) is 0 Å². The van der Waals surface area contributed by atoms with E-state index in [9.17, 15) is 0 Å². The molecule has 0 aliphatic heterocycles. The first-order valence-corrected chi connectivity index (χ1v) is 10.2. The molecule has 1 heterocycles. The van der Waals surface area contributed by atoms with Gasteiger partial charge in [0, 0.05) is 11.6 Å². The predicted molar refractivity (Wildman–Crippen MR) is 127 cm³/mol. The van der Waals surface area contributed by atoms with Crippen LogP contribution in [0.3, 0.4) is 0 Å². The second kappa shape index (κ2) is 9.10. The number of aromatic nitrogens is 1. The van der Waals surface area contributed by atoms with Crippen molar-refractivity contribution in [2.45, 2.75) is 0 Å². The summed E-state index contributed by atoms with van der Waals surface area (Å²) in [4.78, 5) is 4.14. The lowest BCUT2D eigenvalue weighted by Crippen LogP contribution is -1.77. The molecule has 0 amide bonds. The molecule has 1 aromatic heterocycles. The van der Waals surface area contributed by atoms with Crippen molar-refractivity contribution < 1.29 is 0 Å². The van der Waals surface area contributed by atoms with Gasteiger partial charge in [-0.05, 0) is 65.0 Å². The van der Waals surface area contributed by atoms with Crippen molar-refractivity contribution in [3.8, 4) is 11.1 Å². The number of rotatable bonds is 5. The molecule has 0 aliphatic carbocycles. The van der Waals surface area contributed by atoms with Gasteiger partial charge in [-0.1, -0.05) is 60.7 Å². The number of benzene rings is 4. The number of fused-ring (bicyclic) bond motifs is 1. The number of nitrogens with zero attached hydrogens (tertiary/aromatic N) is 5. The zero-order valence-corrected chi connectivity index (χ0v) is 17.1. The van der Waals surface area contributed by atoms with E-state index < -0.39 is 0 Å². The molecule has 5 aromatic rings. The lowest BCUT2D eigenvalue weighted by Gasteiger charge is -2.03. The molecule has 0 atom stereocenters. The van der Waals surface area contributed by atoms with Gasteiger partial charge in [0.25, 0.3) is 0 Å². The van der Waals surface area contributed by atoms with Gasteiger partial charge in [0.1, 0.15) is 0 Å². The Morgan fingerprint density at radius 1 is 0.625 bits per heavy atom. The van der Waals surface area contributed by atoms with E-state index in [1.807, 2.05) is 84.9 Å². The molecule has 0 aliphatic rings. The summed E-state index contributed by atoms with van der Waals surface area (Å²) < 4.78 is 0. The number of hydrogen-bond acceptors (Lipinski definition) is 5. The summed E-state index contributed by atoms with van der Waals surface area (Å²) in [7, 11) is 0. The molecule has 151 valence electrons. The van der Waals surface area contributed by atoms with Crippen molar-refractivity contribution >= 4 is 33.7 Å². The quantitative estimate of drug-likeness (QED) is 0.267. The van der Waals surface area contributed by atoms with E-state index >= 15 is 0 Å². The smallest absolute Gasteiger partial charge is 0.174 e. The van der Waals surface area contributed by atoms with Crippen LogP contribution in [-0.2, 0) is 0 Å². The van der Waals surface area contributed by atoms with Crippen molar-refractivity contribution in [1.82, 2.24) is 4.98 Å². The molecule has 5 heteroatoms. The van der Waals surface area contributed by atoms with Gasteiger partial charge in [-0.15, -0.1) is 15.3 Å². The third-order valence-corrected chi connectivity index (χ3v) is 4.92. The van der Waals surface area contributed by atoms with Crippen LogP contribution in [0.5, 0.6) is 0 Å². The van der Waals surface area contributed by atoms with Crippen LogP contribution < -0.4 is 0 Å². The van der Waals surface area contributed by atoms with Gasteiger partial charge in [-0.3, -0.25) is 0 Å². The summed E-state index contributed by atoms with van der Waals surface area (Å²) >= 11 is 0. The number of pyridine rings is 1. The molecule has 5 rings (SSSR count). The molecule has 4 aromatic carbocycles. The Hall–Kier alpha value is -4.51. The average molecular weight is 412 g/mol. The third-order valence-electron chi connectivity index (χ3n) is 4.92. The van der Waals surface area contributed by atoms with Crippen LogP contribution in [-0.4, -0.2) is 4.98 Å². The summed E-state index contributed by atoms with van der Waals surface area (Å²) in [5, 5.41) is 19.5. The Morgan fingerprint density at radius 2 is 1.44 bits per heavy atom. The van der Waals surface area contributed by atoms with Gasteiger partial charge >= 0.3 is 0 Å². The first-order valence-electron chi connectivity index (χ1n) is 10.2. The average Bonchev–Trinajstić information content (AvgIpc) is 2.87.